The summed E-state index contributed by atoms with van der Waals surface area (Å²) in [7, 11) is 0. The summed E-state index contributed by atoms with van der Waals surface area (Å²) >= 11 is 0. The van der Waals surface area contributed by atoms with E-state index in [4.69, 9.17) is 9.84 Å². The van der Waals surface area contributed by atoms with Crippen molar-refractivity contribution in [3.8, 4) is 0 Å². The topological polar surface area (TPSA) is 58.6 Å². The lowest BCUT2D eigenvalue weighted by Gasteiger charge is -2.28. The lowest BCUT2D eigenvalue weighted by Crippen LogP contribution is -2.32. The first-order valence-electron chi connectivity index (χ1n) is 6.08. The average molecular weight is 271 g/mol. The van der Waals surface area contributed by atoms with Crippen molar-refractivity contribution >= 4 is 11.7 Å². The van der Waals surface area contributed by atoms with Gasteiger partial charge in [0.15, 0.2) is 0 Å². The van der Waals surface area contributed by atoms with Crippen molar-refractivity contribution in [2.75, 3.05) is 11.9 Å². The molecule has 0 amide bonds. The van der Waals surface area contributed by atoms with Crippen LogP contribution in [0.5, 0.6) is 0 Å². The number of ether oxygens (including phenoxy) is 1. The van der Waals surface area contributed by atoms with Gasteiger partial charge in [0, 0.05) is 18.7 Å². The van der Waals surface area contributed by atoms with E-state index in [0.717, 1.165) is 6.07 Å². The highest BCUT2D eigenvalue weighted by molar-refractivity contribution is 5.89. The van der Waals surface area contributed by atoms with E-state index in [1.165, 1.54) is 0 Å². The summed E-state index contributed by atoms with van der Waals surface area (Å²) in [5, 5.41) is 11.7. The van der Waals surface area contributed by atoms with E-state index in [1.807, 2.05) is 6.92 Å². The number of carbonyl (C=O) groups is 1. The van der Waals surface area contributed by atoms with Gasteiger partial charge in [0.1, 0.15) is 11.6 Å². The second-order valence-electron chi connectivity index (χ2n) is 4.66. The monoisotopic (exact) mass is 271 g/mol. The molecule has 1 aliphatic heterocycles. The molecule has 0 radical (unpaired) electrons. The minimum Gasteiger partial charge on any atom is -0.478 e. The second-order valence-corrected chi connectivity index (χ2v) is 4.66. The van der Waals surface area contributed by atoms with E-state index in [2.05, 4.69) is 5.32 Å². The Morgan fingerprint density at radius 1 is 1.42 bits per heavy atom. The first-order valence-corrected chi connectivity index (χ1v) is 6.08. The predicted octanol–water partition coefficient (Wildman–Crippen LogP) is 2.64. The number of hydrogen-bond acceptors (Lipinski definition) is 3. The summed E-state index contributed by atoms with van der Waals surface area (Å²) < 4.78 is 32.2. The number of anilines is 1. The molecule has 2 rings (SSSR count). The Labute approximate surface area is 109 Å². The van der Waals surface area contributed by atoms with Crippen LogP contribution in [0.15, 0.2) is 12.1 Å². The van der Waals surface area contributed by atoms with Gasteiger partial charge in [-0.15, -0.1) is 0 Å². The average Bonchev–Trinajstić information content (AvgIpc) is 2.32. The molecule has 2 N–H and O–H groups in total. The van der Waals surface area contributed by atoms with Crippen molar-refractivity contribution in [1.29, 1.82) is 0 Å². The molecule has 0 spiro atoms. The molecule has 1 aromatic carbocycles. The van der Waals surface area contributed by atoms with E-state index in [0.29, 0.717) is 25.5 Å². The minimum atomic E-state index is -1.42. The van der Waals surface area contributed by atoms with Crippen molar-refractivity contribution in [1.82, 2.24) is 0 Å². The van der Waals surface area contributed by atoms with Crippen LogP contribution in [0.4, 0.5) is 14.5 Å². The third-order valence-corrected chi connectivity index (χ3v) is 3.13. The normalized spacial score (nSPS) is 23.1. The van der Waals surface area contributed by atoms with E-state index in [-0.39, 0.29) is 17.8 Å². The summed E-state index contributed by atoms with van der Waals surface area (Å²) in [6.07, 6.45) is 1.46. The molecule has 2 atom stereocenters. The van der Waals surface area contributed by atoms with E-state index >= 15 is 0 Å². The molecule has 19 heavy (non-hydrogen) atoms. The molecule has 4 nitrogen and oxygen atoms in total. The van der Waals surface area contributed by atoms with Gasteiger partial charge < -0.3 is 15.2 Å². The Balaban J connectivity index is 2.19. The van der Waals surface area contributed by atoms with Crippen LogP contribution in [0.25, 0.3) is 0 Å². The quantitative estimate of drug-likeness (QED) is 0.887. The highest BCUT2D eigenvalue weighted by Gasteiger charge is 2.22. The van der Waals surface area contributed by atoms with Crippen LogP contribution in [0.1, 0.15) is 30.1 Å². The maximum atomic E-state index is 13.6. The number of benzene rings is 1. The molecule has 104 valence electrons. The number of carboxylic acid groups (broad SMARTS) is 1. The Kier molecular flexibility index (Phi) is 3.99. The van der Waals surface area contributed by atoms with Gasteiger partial charge >= 0.3 is 5.97 Å². The van der Waals surface area contributed by atoms with Gasteiger partial charge in [-0.2, -0.15) is 0 Å². The van der Waals surface area contributed by atoms with Crippen LogP contribution >= 0.6 is 0 Å². The highest BCUT2D eigenvalue weighted by atomic mass is 19.1. The molecule has 1 aliphatic rings. The Morgan fingerprint density at radius 3 is 2.79 bits per heavy atom. The van der Waals surface area contributed by atoms with Gasteiger partial charge in [-0.3, -0.25) is 0 Å². The zero-order valence-electron chi connectivity index (χ0n) is 10.5. The van der Waals surface area contributed by atoms with Gasteiger partial charge in [0.2, 0.25) is 0 Å². The maximum absolute atomic E-state index is 13.6. The van der Waals surface area contributed by atoms with Crippen molar-refractivity contribution < 1.29 is 23.4 Å². The molecule has 1 fully saturated rings. The lowest BCUT2D eigenvalue weighted by molar-refractivity contribution is 0.0231. The molecule has 2 unspecified atom stereocenters. The van der Waals surface area contributed by atoms with Crippen LogP contribution in [-0.4, -0.2) is 29.8 Å². The SMILES string of the molecule is CC1CC(Nc2cc(C(=O)O)c(F)cc2F)CCO1. The predicted molar refractivity (Wildman–Crippen MR) is 65.4 cm³/mol. The summed E-state index contributed by atoms with van der Waals surface area (Å²) in [5.41, 5.74) is -0.526. The van der Waals surface area contributed by atoms with E-state index in [1.54, 1.807) is 0 Å². The Morgan fingerprint density at radius 2 is 2.16 bits per heavy atom. The first kappa shape index (κ1) is 13.7. The van der Waals surface area contributed by atoms with Crippen LogP contribution in [-0.2, 0) is 4.74 Å². The van der Waals surface area contributed by atoms with Crippen molar-refractivity contribution in [2.24, 2.45) is 0 Å². The second kappa shape index (κ2) is 5.52. The van der Waals surface area contributed by atoms with Gasteiger partial charge in [0.25, 0.3) is 0 Å². The van der Waals surface area contributed by atoms with Crippen molar-refractivity contribution in [3.05, 3.63) is 29.3 Å². The number of hydrogen-bond donors (Lipinski definition) is 2. The van der Waals surface area contributed by atoms with Crippen LogP contribution in [0.3, 0.4) is 0 Å². The zero-order valence-corrected chi connectivity index (χ0v) is 10.5. The van der Waals surface area contributed by atoms with E-state index in [9.17, 15) is 13.6 Å². The fourth-order valence-corrected chi connectivity index (χ4v) is 2.17. The highest BCUT2D eigenvalue weighted by Crippen LogP contribution is 2.23. The molecule has 0 bridgehead atoms. The van der Waals surface area contributed by atoms with Crippen LogP contribution < -0.4 is 5.32 Å². The zero-order chi connectivity index (χ0) is 14.0. The minimum absolute atomic E-state index is 0.00893. The van der Waals surface area contributed by atoms with Gasteiger partial charge in [-0.05, 0) is 25.8 Å². The van der Waals surface area contributed by atoms with Gasteiger partial charge in [0.05, 0.1) is 17.4 Å². The summed E-state index contributed by atoms with van der Waals surface area (Å²) in [6, 6.07) is 1.58. The molecule has 6 heteroatoms. The Hall–Kier alpha value is -1.69. The molecule has 1 saturated heterocycles. The van der Waals surface area contributed by atoms with Crippen LogP contribution in [0, 0.1) is 11.6 Å². The largest absolute Gasteiger partial charge is 0.478 e. The third-order valence-electron chi connectivity index (χ3n) is 3.13. The molecule has 1 aromatic rings. The third kappa shape index (κ3) is 3.20. The van der Waals surface area contributed by atoms with Crippen molar-refractivity contribution in [3.63, 3.8) is 0 Å². The van der Waals surface area contributed by atoms with Gasteiger partial charge in [-0.25, -0.2) is 13.6 Å². The molecule has 0 saturated carbocycles. The van der Waals surface area contributed by atoms with E-state index < -0.39 is 23.2 Å². The maximum Gasteiger partial charge on any atom is 0.338 e. The number of carboxylic acids is 1. The number of aromatic carboxylic acids is 1. The number of rotatable bonds is 3. The number of nitrogens with one attached hydrogen (secondary N) is 1. The molecule has 0 aliphatic carbocycles. The molecule has 0 aromatic heterocycles. The molecular formula is C13H15F2NO3. The van der Waals surface area contributed by atoms with Crippen molar-refractivity contribution in [2.45, 2.75) is 31.9 Å². The van der Waals surface area contributed by atoms with Gasteiger partial charge in [-0.1, -0.05) is 0 Å². The fraction of sp³-hybridized carbons (Fsp3) is 0.462. The fourth-order valence-electron chi connectivity index (χ4n) is 2.17. The summed E-state index contributed by atoms with van der Waals surface area (Å²) in [5.74, 6) is -3.28. The molecular weight excluding hydrogens is 256 g/mol. The Bertz CT molecular complexity index is 493. The summed E-state index contributed by atoms with van der Waals surface area (Å²) in [6.45, 7) is 2.48. The first-order chi connectivity index (χ1) is 8.97. The lowest BCUT2D eigenvalue weighted by atomic mass is 10.0. The van der Waals surface area contributed by atoms with Crippen LogP contribution in [0.2, 0.25) is 0 Å². The standard InChI is InChI=1S/C13H15F2NO3/c1-7-4-8(2-3-19-7)16-12-5-9(13(17)18)10(14)6-11(12)15/h5-8,16H,2-4H2,1H3,(H,17,18). The smallest absolute Gasteiger partial charge is 0.338 e. The molecule has 1 heterocycles. The summed E-state index contributed by atoms with van der Waals surface area (Å²) in [4.78, 5) is 10.8. The number of halogens is 2.